The SMILES string of the molecule is CCCCN1C(=O)CC(=O)N(CCCC)C1=O. The molecule has 1 aliphatic heterocycles. The van der Waals surface area contributed by atoms with Crippen molar-refractivity contribution >= 4 is 17.8 Å². The summed E-state index contributed by atoms with van der Waals surface area (Å²) in [5.41, 5.74) is 0. The highest BCUT2D eigenvalue weighted by molar-refractivity contribution is 6.14. The topological polar surface area (TPSA) is 57.7 Å². The van der Waals surface area contributed by atoms with E-state index in [1.807, 2.05) is 13.8 Å². The fourth-order valence-corrected chi connectivity index (χ4v) is 1.75. The molecule has 5 nitrogen and oxygen atoms in total. The van der Waals surface area contributed by atoms with Gasteiger partial charge in [-0.15, -0.1) is 0 Å². The summed E-state index contributed by atoms with van der Waals surface area (Å²) >= 11 is 0. The Kier molecular flexibility index (Phi) is 5.12. The van der Waals surface area contributed by atoms with Gasteiger partial charge in [-0.25, -0.2) is 4.79 Å². The smallest absolute Gasteiger partial charge is 0.274 e. The van der Waals surface area contributed by atoms with Crippen molar-refractivity contribution in [2.24, 2.45) is 0 Å². The van der Waals surface area contributed by atoms with Crippen molar-refractivity contribution in [1.82, 2.24) is 9.80 Å². The van der Waals surface area contributed by atoms with Crippen LogP contribution < -0.4 is 0 Å². The van der Waals surface area contributed by atoms with Gasteiger partial charge in [0.25, 0.3) is 0 Å². The van der Waals surface area contributed by atoms with Crippen LogP contribution in [0.5, 0.6) is 0 Å². The van der Waals surface area contributed by atoms with Gasteiger partial charge in [-0.05, 0) is 12.8 Å². The van der Waals surface area contributed by atoms with Crippen LogP contribution in [0.3, 0.4) is 0 Å². The van der Waals surface area contributed by atoms with E-state index in [1.165, 1.54) is 9.80 Å². The van der Waals surface area contributed by atoms with Gasteiger partial charge >= 0.3 is 6.03 Å². The summed E-state index contributed by atoms with van der Waals surface area (Å²) in [6.45, 7) is 4.84. The number of rotatable bonds is 6. The van der Waals surface area contributed by atoms with Crippen LogP contribution in [0.1, 0.15) is 46.0 Å². The minimum atomic E-state index is -0.437. The molecule has 1 heterocycles. The molecule has 0 aliphatic carbocycles. The average molecular weight is 240 g/mol. The lowest BCUT2D eigenvalue weighted by Gasteiger charge is -2.32. The minimum Gasteiger partial charge on any atom is -0.274 e. The lowest BCUT2D eigenvalue weighted by atomic mass is 10.2. The lowest BCUT2D eigenvalue weighted by Crippen LogP contribution is -2.55. The van der Waals surface area contributed by atoms with E-state index in [9.17, 15) is 14.4 Å². The number of unbranched alkanes of at least 4 members (excludes halogenated alkanes) is 2. The summed E-state index contributed by atoms with van der Waals surface area (Å²) < 4.78 is 0. The number of imide groups is 2. The highest BCUT2D eigenvalue weighted by Gasteiger charge is 2.36. The maximum absolute atomic E-state index is 12.0. The molecular weight excluding hydrogens is 220 g/mol. The molecule has 5 heteroatoms. The predicted molar refractivity (Wildman–Crippen MR) is 63.3 cm³/mol. The first kappa shape index (κ1) is 13.7. The highest BCUT2D eigenvalue weighted by Crippen LogP contribution is 2.14. The Balaban J connectivity index is 2.69. The molecule has 1 saturated heterocycles. The first-order valence-electron chi connectivity index (χ1n) is 6.26. The van der Waals surface area contributed by atoms with Gasteiger partial charge in [0.05, 0.1) is 0 Å². The Hall–Kier alpha value is -1.39. The molecule has 1 rings (SSSR count). The van der Waals surface area contributed by atoms with Crippen LogP contribution in [0.25, 0.3) is 0 Å². The zero-order chi connectivity index (χ0) is 12.8. The predicted octanol–water partition coefficient (Wildman–Crippen LogP) is 1.77. The number of barbiturate groups is 1. The lowest BCUT2D eigenvalue weighted by molar-refractivity contribution is -0.142. The Morgan fingerprint density at radius 3 is 1.65 bits per heavy atom. The first-order chi connectivity index (χ1) is 8.11. The van der Waals surface area contributed by atoms with Gasteiger partial charge in [0, 0.05) is 13.1 Å². The number of hydrogen-bond donors (Lipinski definition) is 0. The summed E-state index contributed by atoms with van der Waals surface area (Å²) in [5.74, 6) is -0.720. The molecule has 0 aromatic rings. The van der Waals surface area contributed by atoms with Crippen molar-refractivity contribution in [3.8, 4) is 0 Å². The van der Waals surface area contributed by atoms with E-state index < -0.39 is 6.03 Å². The minimum absolute atomic E-state index is 0.167. The zero-order valence-electron chi connectivity index (χ0n) is 10.6. The van der Waals surface area contributed by atoms with Crippen LogP contribution in [0.2, 0.25) is 0 Å². The molecule has 1 aliphatic rings. The fourth-order valence-electron chi connectivity index (χ4n) is 1.75. The third kappa shape index (κ3) is 3.28. The summed E-state index contributed by atoms with van der Waals surface area (Å²) in [6.07, 6.45) is 3.24. The molecule has 0 N–H and O–H groups in total. The maximum Gasteiger partial charge on any atom is 0.333 e. The molecule has 0 unspecified atom stereocenters. The van der Waals surface area contributed by atoms with Crippen molar-refractivity contribution in [2.45, 2.75) is 46.0 Å². The summed E-state index contributed by atoms with van der Waals surface area (Å²) in [6, 6.07) is -0.437. The van der Waals surface area contributed by atoms with E-state index >= 15 is 0 Å². The number of nitrogens with zero attached hydrogens (tertiary/aromatic N) is 2. The van der Waals surface area contributed by atoms with Crippen LogP contribution in [-0.4, -0.2) is 40.7 Å². The van der Waals surface area contributed by atoms with E-state index in [0.29, 0.717) is 13.1 Å². The molecule has 0 radical (unpaired) electrons. The third-order valence-electron chi connectivity index (χ3n) is 2.84. The molecule has 0 atom stereocenters. The molecule has 0 saturated carbocycles. The third-order valence-corrected chi connectivity index (χ3v) is 2.84. The van der Waals surface area contributed by atoms with Crippen molar-refractivity contribution < 1.29 is 14.4 Å². The highest BCUT2D eigenvalue weighted by atomic mass is 16.2. The monoisotopic (exact) mass is 240 g/mol. The Bertz CT molecular complexity index is 287. The van der Waals surface area contributed by atoms with E-state index in [4.69, 9.17) is 0 Å². The number of carbonyl (C=O) groups is 3. The Labute approximate surface area is 102 Å². The van der Waals surface area contributed by atoms with Gasteiger partial charge in [-0.1, -0.05) is 26.7 Å². The number of carbonyl (C=O) groups excluding carboxylic acids is 3. The summed E-state index contributed by atoms with van der Waals surface area (Å²) in [7, 11) is 0. The van der Waals surface area contributed by atoms with Gasteiger partial charge in [0.1, 0.15) is 6.42 Å². The number of amides is 4. The summed E-state index contributed by atoms with van der Waals surface area (Å²) in [4.78, 5) is 37.6. The van der Waals surface area contributed by atoms with E-state index in [2.05, 4.69) is 0 Å². The molecular formula is C12H20N2O3. The Morgan fingerprint density at radius 1 is 0.882 bits per heavy atom. The maximum atomic E-state index is 12.0. The molecule has 4 amide bonds. The number of urea groups is 1. The van der Waals surface area contributed by atoms with E-state index in [0.717, 1.165) is 25.7 Å². The van der Waals surface area contributed by atoms with Crippen LogP contribution >= 0.6 is 0 Å². The second kappa shape index (κ2) is 6.37. The van der Waals surface area contributed by atoms with Crippen LogP contribution in [0, 0.1) is 0 Å². The molecule has 0 spiro atoms. The molecule has 0 aromatic carbocycles. The van der Waals surface area contributed by atoms with Gasteiger partial charge in [-0.3, -0.25) is 19.4 Å². The second-order valence-corrected chi connectivity index (χ2v) is 4.26. The quantitative estimate of drug-likeness (QED) is 0.665. The van der Waals surface area contributed by atoms with Crippen LogP contribution in [-0.2, 0) is 9.59 Å². The first-order valence-corrected chi connectivity index (χ1v) is 6.26. The molecule has 96 valence electrons. The summed E-state index contributed by atoms with van der Waals surface area (Å²) in [5, 5.41) is 0. The van der Waals surface area contributed by atoms with Gasteiger partial charge < -0.3 is 0 Å². The van der Waals surface area contributed by atoms with Crippen LogP contribution in [0.15, 0.2) is 0 Å². The Morgan fingerprint density at radius 2 is 1.29 bits per heavy atom. The van der Waals surface area contributed by atoms with E-state index in [-0.39, 0.29) is 18.2 Å². The molecule has 1 fully saturated rings. The normalized spacial score (nSPS) is 16.9. The van der Waals surface area contributed by atoms with Crippen LogP contribution in [0.4, 0.5) is 4.79 Å². The standard InChI is InChI=1S/C12H20N2O3/c1-3-5-7-13-10(15)9-11(16)14(12(13)17)8-6-4-2/h3-9H2,1-2H3. The van der Waals surface area contributed by atoms with Gasteiger partial charge in [0.2, 0.25) is 11.8 Å². The largest absolute Gasteiger partial charge is 0.333 e. The number of hydrogen-bond acceptors (Lipinski definition) is 3. The fraction of sp³-hybridized carbons (Fsp3) is 0.750. The van der Waals surface area contributed by atoms with Gasteiger partial charge in [0.15, 0.2) is 0 Å². The average Bonchev–Trinajstić information content (AvgIpc) is 2.28. The van der Waals surface area contributed by atoms with Crippen molar-refractivity contribution in [1.29, 1.82) is 0 Å². The van der Waals surface area contributed by atoms with E-state index in [1.54, 1.807) is 0 Å². The second-order valence-electron chi connectivity index (χ2n) is 4.26. The van der Waals surface area contributed by atoms with Crippen molar-refractivity contribution in [3.63, 3.8) is 0 Å². The van der Waals surface area contributed by atoms with Gasteiger partial charge in [-0.2, -0.15) is 0 Å². The van der Waals surface area contributed by atoms with Crippen molar-refractivity contribution in [2.75, 3.05) is 13.1 Å². The molecule has 0 bridgehead atoms. The molecule has 17 heavy (non-hydrogen) atoms. The zero-order valence-corrected chi connectivity index (χ0v) is 10.6. The van der Waals surface area contributed by atoms with Crippen molar-refractivity contribution in [3.05, 3.63) is 0 Å². The molecule has 0 aromatic heterocycles.